The number of ether oxygens (including phenoxy) is 4. The van der Waals surface area contributed by atoms with Crippen LogP contribution >= 0.6 is 0 Å². The fourth-order valence-corrected chi connectivity index (χ4v) is 4.17. The number of sulfonamides is 1. The Kier molecular flexibility index (Phi) is 4.87. The molecule has 13 heteroatoms. The minimum absolute atomic E-state index is 0.199. The average Bonchev–Trinajstić information content (AvgIpc) is 3.03. The molecule has 0 saturated heterocycles. The molecule has 0 bridgehead atoms. The van der Waals surface area contributed by atoms with Gasteiger partial charge in [0.05, 0.1) is 18.8 Å². The first-order chi connectivity index (χ1) is 25.2. The molecule has 4 aromatic rings. The third kappa shape index (κ3) is 7.25. The Labute approximate surface area is 257 Å². The van der Waals surface area contributed by atoms with Crippen molar-refractivity contribution in [3.05, 3.63) is 72.6 Å². The van der Waals surface area contributed by atoms with Crippen LogP contribution in [0.1, 0.15) is 45.3 Å². The Bertz CT molecular complexity index is 2060. The van der Waals surface area contributed by atoms with Gasteiger partial charge in [0.2, 0.25) is 11.6 Å². The quantitative estimate of drug-likeness (QED) is 0.233. The molecule has 2 aromatic heterocycles. The Balaban J connectivity index is 1.93. The Morgan fingerprint density at radius 2 is 1.71 bits per heavy atom. The summed E-state index contributed by atoms with van der Waals surface area (Å²) in [6, 6.07) is 9.55. The summed E-state index contributed by atoms with van der Waals surface area (Å²) in [4.78, 5) is 26.5. The van der Waals surface area contributed by atoms with E-state index in [2.05, 4.69) is 29.4 Å². The van der Waals surface area contributed by atoms with Gasteiger partial charge in [0.1, 0.15) is 13.2 Å². The molecule has 0 aliphatic carbocycles. The summed E-state index contributed by atoms with van der Waals surface area (Å²) in [7, 11) is -7.91. The van der Waals surface area contributed by atoms with Gasteiger partial charge in [-0.1, -0.05) is 44.8 Å². The van der Waals surface area contributed by atoms with Crippen LogP contribution in [0.15, 0.2) is 71.9 Å². The average molecular weight is 594 g/mol. The molecule has 1 N–H and O–H groups in total. The van der Waals surface area contributed by atoms with Crippen LogP contribution in [-0.4, -0.2) is 55.0 Å². The van der Waals surface area contributed by atoms with E-state index in [1.165, 1.54) is 42.7 Å². The lowest BCUT2D eigenvalue weighted by molar-refractivity contribution is -0.129. The van der Waals surface area contributed by atoms with Crippen LogP contribution in [0.4, 0.5) is 5.82 Å². The van der Waals surface area contributed by atoms with Gasteiger partial charge in [-0.25, -0.2) is 23.4 Å². The van der Waals surface area contributed by atoms with Crippen molar-refractivity contribution in [2.75, 3.05) is 24.9 Å². The SMILES string of the molecule is [2H]C([2H])([2H])Oc1ccccc1Oc1c(NS(=O)(=O)c2ccc(C(C([2H])([2H])[2H])(C([2H])([2H])[2H])C([2H])([2H])[2H])cc2)nc(-c2ncccn2)nc1OCC([2H])([2H])OC=O. The van der Waals surface area contributed by atoms with Gasteiger partial charge in [-0.3, -0.25) is 9.52 Å². The minimum atomic E-state index is -4.91. The first kappa shape index (κ1) is 15.9. The summed E-state index contributed by atoms with van der Waals surface area (Å²) in [6.07, 6.45) is 2.55. The van der Waals surface area contributed by atoms with Gasteiger partial charge in [-0.15, -0.1) is 0 Å². The Morgan fingerprint density at radius 3 is 2.39 bits per heavy atom. The second-order valence-electron chi connectivity index (χ2n) is 7.78. The fraction of sp³-hybridized carbons (Fsp3) is 0.250. The summed E-state index contributed by atoms with van der Waals surface area (Å²) in [5.41, 5.74) is -4.18. The monoisotopic (exact) mass is 593 g/mol. The largest absolute Gasteiger partial charge is 0.493 e. The number of aromatic nitrogens is 4. The number of rotatable bonds is 12. The highest BCUT2D eigenvalue weighted by Crippen LogP contribution is 2.41. The number of carbonyl (C=O) groups excluding carboxylic acids is 1. The van der Waals surface area contributed by atoms with Crippen LogP contribution in [-0.2, 0) is 25.0 Å². The molecule has 41 heavy (non-hydrogen) atoms. The van der Waals surface area contributed by atoms with Crippen LogP contribution in [0.25, 0.3) is 11.6 Å². The van der Waals surface area contributed by atoms with Crippen molar-refractivity contribution in [1.29, 1.82) is 0 Å². The van der Waals surface area contributed by atoms with Crippen LogP contribution in [0.2, 0.25) is 0 Å². The molecular formula is C28H29N5O7S. The lowest BCUT2D eigenvalue weighted by atomic mass is 9.87. The molecule has 4 rings (SSSR count). The van der Waals surface area contributed by atoms with Gasteiger partial charge >= 0.3 is 0 Å². The second-order valence-corrected chi connectivity index (χ2v) is 9.46. The summed E-state index contributed by atoms with van der Waals surface area (Å²) in [5, 5.41) is 0. The molecular weight excluding hydrogens is 550 g/mol. The molecule has 0 aliphatic heterocycles. The first-order valence-corrected chi connectivity index (χ1v) is 12.7. The zero-order valence-electron chi connectivity index (χ0n) is 34.7. The molecule has 0 atom stereocenters. The third-order valence-electron chi connectivity index (χ3n) is 5.00. The number of carbonyl (C=O) groups is 1. The maximum atomic E-state index is 13.9. The third-order valence-corrected chi connectivity index (χ3v) is 6.35. The van der Waals surface area contributed by atoms with Gasteiger partial charge in [0, 0.05) is 24.7 Å². The van der Waals surface area contributed by atoms with Gasteiger partial charge in [-0.2, -0.15) is 4.98 Å². The molecule has 0 fully saturated rings. The van der Waals surface area contributed by atoms with Crippen LogP contribution in [0, 0.1) is 0 Å². The smallest absolute Gasteiger partial charge is 0.293 e. The lowest BCUT2D eigenvalue weighted by Gasteiger charge is -2.20. The van der Waals surface area contributed by atoms with E-state index < -0.39 is 95.7 Å². The lowest BCUT2D eigenvalue weighted by Crippen LogP contribution is -2.17. The Hall–Kier alpha value is -4.78. The molecule has 0 amide bonds. The van der Waals surface area contributed by atoms with E-state index in [-0.39, 0.29) is 18.0 Å². The molecule has 12 nitrogen and oxygen atoms in total. The number of hydrogen-bond acceptors (Lipinski definition) is 11. The second kappa shape index (κ2) is 12.6. The van der Waals surface area contributed by atoms with E-state index in [1.807, 2.05) is 0 Å². The summed E-state index contributed by atoms with van der Waals surface area (Å²) < 4.78 is 161. The van der Waals surface area contributed by atoms with Crippen LogP contribution in [0.3, 0.4) is 0 Å². The predicted octanol–water partition coefficient (Wildman–Crippen LogP) is 4.38. The number of para-hydroxylation sites is 2. The number of hydrogen-bond donors (Lipinski definition) is 1. The van der Waals surface area contributed by atoms with E-state index in [0.29, 0.717) is 0 Å². The van der Waals surface area contributed by atoms with E-state index in [0.717, 1.165) is 24.3 Å². The highest BCUT2D eigenvalue weighted by atomic mass is 32.2. The van der Waals surface area contributed by atoms with E-state index in [4.69, 9.17) is 33.4 Å². The maximum absolute atomic E-state index is 13.9. The summed E-state index contributed by atoms with van der Waals surface area (Å²) in [5.74, 6) is -3.69. The van der Waals surface area contributed by atoms with Crippen molar-refractivity contribution in [1.82, 2.24) is 19.9 Å². The predicted molar refractivity (Wildman–Crippen MR) is 150 cm³/mol. The molecule has 2 aromatic carbocycles. The Morgan fingerprint density at radius 1 is 0.976 bits per heavy atom. The number of methoxy groups -OCH3 is 1. The van der Waals surface area contributed by atoms with E-state index in [1.54, 1.807) is 0 Å². The molecule has 214 valence electrons. The molecule has 0 unspecified atom stereocenters. The van der Waals surface area contributed by atoms with Gasteiger partial charge in [-0.05, 0) is 41.3 Å². The van der Waals surface area contributed by atoms with Crippen molar-refractivity contribution in [2.24, 2.45) is 0 Å². The molecule has 0 saturated carbocycles. The summed E-state index contributed by atoms with van der Waals surface area (Å²) in [6.45, 7) is -15.0. The van der Waals surface area contributed by atoms with Crippen molar-refractivity contribution >= 4 is 22.3 Å². The zero-order valence-corrected chi connectivity index (χ0v) is 21.5. The maximum Gasteiger partial charge on any atom is 0.293 e. The molecule has 2 heterocycles. The number of benzene rings is 2. The number of nitrogens with zero attached hydrogens (tertiary/aromatic N) is 4. The molecule has 0 aliphatic rings. The summed E-state index contributed by atoms with van der Waals surface area (Å²) >= 11 is 0. The van der Waals surface area contributed by atoms with Crippen LogP contribution < -0.4 is 18.9 Å². The van der Waals surface area contributed by atoms with Gasteiger partial charge in [0.15, 0.2) is 23.1 Å². The van der Waals surface area contributed by atoms with Crippen molar-refractivity contribution < 1.29 is 51.4 Å². The minimum Gasteiger partial charge on any atom is -0.493 e. The van der Waals surface area contributed by atoms with Gasteiger partial charge < -0.3 is 18.9 Å². The first-order valence-electron chi connectivity index (χ1n) is 18.3. The standard InChI is InChI=1S/C28H29N5O7S/c1-28(2,3)19-10-12-20(13-11-19)41(35,36)33-24-23(40-22-9-6-5-8-21(22)37-4)27(39-17-16-38-18-34)32-26(31-24)25-29-14-7-15-30-25/h5-15,18H,16-17H2,1-4H3,(H,31,32,33)/i1D3,2D3,3D3,4D3,16D2. The van der Waals surface area contributed by atoms with Gasteiger partial charge in [0.25, 0.3) is 22.4 Å². The van der Waals surface area contributed by atoms with E-state index in [9.17, 15) is 13.2 Å². The molecule has 0 spiro atoms. The zero-order chi connectivity index (χ0) is 41.3. The number of anilines is 1. The highest BCUT2D eigenvalue weighted by molar-refractivity contribution is 7.92. The molecule has 0 radical (unpaired) electrons. The topological polar surface area (TPSA) is 152 Å². The van der Waals surface area contributed by atoms with Crippen molar-refractivity contribution in [3.8, 4) is 34.8 Å². The fourth-order valence-electron chi connectivity index (χ4n) is 3.17. The van der Waals surface area contributed by atoms with Crippen LogP contribution in [0.5, 0.6) is 23.1 Å². The normalized spacial score (nSPS) is 18.0. The number of nitrogens with one attached hydrogen (secondary N) is 1. The van der Waals surface area contributed by atoms with Crippen molar-refractivity contribution in [3.63, 3.8) is 0 Å². The highest BCUT2D eigenvalue weighted by Gasteiger charge is 2.26. The van der Waals surface area contributed by atoms with E-state index >= 15 is 0 Å². The van der Waals surface area contributed by atoms with Crippen molar-refractivity contribution in [2.45, 2.75) is 30.9 Å².